The molecule has 0 bridgehead atoms. The monoisotopic (exact) mass is 348 g/mol. The number of aromatic nitrogens is 4. The summed E-state index contributed by atoms with van der Waals surface area (Å²) in [5.74, 6) is -1.19. The molecule has 0 aliphatic rings. The van der Waals surface area contributed by atoms with E-state index in [1.54, 1.807) is 0 Å². The van der Waals surface area contributed by atoms with Gasteiger partial charge in [-0.05, 0) is 20.6 Å². The van der Waals surface area contributed by atoms with E-state index in [1.807, 2.05) is 0 Å². The SMILES string of the molecule is [2H]C([2H])([2H])c1nn(C(C#N)(C([2H])([2H])[2H])C([2H])([2H])[2H])cc1Nc1ncc(C(F)(F)F)c(NC)n1. The van der Waals surface area contributed by atoms with E-state index < -0.39 is 61.0 Å². The topological polar surface area (TPSA) is 91.5 Å². The lowest BCUT2D eigenvalue weighted by atomic mass is 10.1. The van der Waals surface area contributed by atoms with Crippen LogP contribution in [0.5, 0.6) is 0 Å². The molecule has 0 radical (unpaired) electrons. The van der Waals surface area contributed by atoms with Gasteiger partial charge in [0.15, 0.2) is 0 Å². The highest BCUT2D eigenvalue weighted by atomic mass is 19.4. The van der Waals surface area contributed by atoms with Crippen LogP contribution in [0.15, 0.2) is 12.4 Å². The quantitative estimate of drug-likeness (QED) is 0.882. The number of rotatable bonds is 4. The molecule has 0 saturated heterocycles. The molecule has 0 aliphatic heterocycles. The summed E-state index contributed by atoms with van der Waals surface area (Å²) in [5, 5.41) is 17.6. The second-order valence-electron chi connectivity index (χ2n) is 4.49. The van der Waals surface area contributed by atoms with Gasteiger partial charge >= 0.3 is 6.18 Å². The molecule has 10 heteroatoms. The standard InChI is InChI=1S/C14H16F3N7/c1-8-10(6-24(23-8)13(2,3)7-18)21-12-20-5-9(14(15,16)17)11(19-4)22-12/h5-6H,1-4H3,(H2,19,20,21,22)/i1D3,2D3,3D3. The van der Waals surface area contributed by atoms with Crippen molar-refractivity contribution in [1.82, 2.24) is 19.7 Å². The largest absolute Gasteiger partial charge is 0.421 e. The number of anilines is 3. The molecule has 2 heterocycles. The lowest BCUT2D eigenvalue weighted by Gasteiger charge is -2.15. The predicted molar refractivity (Wildman–Crippen MR) is 81.8 cm³/mol. The second-order valence-corrected chi connectivity index (χ2v) is 4.49. The maximum absolute atomic E-state index is 13.0. The Balaban J connectivity index is 2.71. The summed E-state index contributed by atoms with van der Waals surface area (Å²) in [6.45, 7) is -10.0. The van der Waals surface area contributed by atoms with Crippen LogP contribution in [-0.2, 0) is 11.7 Å². The van der Waals surface area contributed by atoms with Crippen LogP contribution >= 0.6 is 0 Å². The number of alkyl halides is 3. The number of nitrogens with one attached hydrogen (secondary N) is 2. The van der Waals surface area contributed by atoms with Crippen LogP contribution in [0.2, 0.25) is 0 Å². The fraction of sp³-hybridized carbons (Fsp3) is 0.429. The van der Waals surface area contributed by atoms with Crippen LogP contribution in [0.3, 0.4) is 0 Å². The van der Waals surface area contributed by atoms with Gasteiger partial charge in [0.25, 0.3) is 0 Å². The molecule has 2 aromatic heterocycles. The zero-order valence-electron chi connectivity index (χ0n) is 21.0. The molecule has 24 heavy (non-hydrogen) atoms. The first-order valence-corrected chi connectivity index (χ1v) is 6.20. The molecule has 2 aromatic rings. The lowest BCUT2D eigenvalue weighted by Crippen LogP contribution is -2.24. The molecule has 0 amide bonds. The molecule has 0 atom stereocenters. The molecule has 0 fully saturated rings. The van der Waals surface area contributed by atoms with Gasteiger partial charge in [-0.15, -0.1) is 0 Å². The Labute approximate surface area is 149 Å². The van der Waals surface area contributed by atoms with Gasteiger partial charge in [0.1, 0.15) is 16.9 Å². The third kappa shape index (κ3) is 3.40. The van der Waals surface area contributed by atoms with Gasteiger partial charge < -0.3 is 10.6 Å². The summed E-state index contributed by atoms with van der Waals surface area (Å²) in [4.78, 5) is 7.08. The minimum Gasteiger partial charge on any atom is -0.372 e. The molecule has 7 nitrogen and oxygen atoms in total. The van der Waals surface area contributed by atoms with Crippen molar-refractivity contribution in [1.29, 1.82) is 5.26 Å². The summed E-state index contributed by atoms with van der Waals surface area (Å²) in [5.41, 5.74) is -5.87. The molecular formula is C14H16F3N7. The van der Waals surface area contributed by atoms with Crippen LogP contribution in [0.1, 0.15) is 37.3 Å². The van der Waals surface area contributed by atoms with Crippen molar-refractivity contribution in [3.05, 3.63) is 23.7 Å². The van der Waals surface area contributed by atoms with E-state index in [1.165, 1.54) is 6.07 Å². The number of aryl methyl sites for hydroxylation is 1. The zero-order chi connectivity index (χ0) is 25.6. The van der Waals surface area contributed by atoms with Gasteiger partial charge in [0.05, 0.1) is 23.6 Å². The van der Waals surface area contributed by atoms with Crippen molar-refractivity contribution in [3.8, 4) is 6.07 Å². The van der Waals surface area contributed by atoms with Crippen molar-refractivity contribution in [2.45, 2.75) is 32.3 Å². The van der Waals surface area contributed by atoms with Gasteiger partial charge in [0, 0.05) is 25.6 Å². The molecule has 2 rings (SSSR count). The van der Waals surface area contributed by atoms with E-state index in [0.29, 0.717) is 12.4 Å². The molecular weight excluding hydrogens is 323 g/mol. The number of nitrogens with zero attached hydrogens (tertiary/aromatic N) is 5. The van der Waals surface area contributed by atoms with Crippen LogP contribution in [-0.4, -0.2) is 26.8 Å². The third-order valence-electron chi connectivity index (χ3n) is 2.80. The Bertz CT molecular complexity index is 1050. The van der Waals surface area contributed by atoms with Gasteiger partial charge in [0.2, 0.25) is 5.95 Å². The predicted octanol–water partition coefficient (Wildman–Crippen LogP) is 3.04. The number of hydrogen-bond donors (Lipinski definition) is 2. The fourth-order valence-corrected chi connectivity index (χ4v) is 1.65. The van der Waals surface area contributed by atoms with Crippen LogP contribution in [0.25, 0.3) is 0 Å². The van der Waals surface area contributed by atoms with Crippen LogP contribution in [0.4, 0.5) is 30.6 Å². The minimum absolute atomic E-state index is 0.195. The first-order chi connectivity index (χ1) is 14.8. The number of hydrogen-bond acceptors (Lipinski definition) is 6. The van der Waals surface area contributed by atoms with Crippen molar-refractivity contribution >= 4 is 17.5 Å². The van der Waals surface area contributed by atoms with E-state index in [0.717, 1.165) is 7.05 Å². The smallest absolute Gasteiger partial charge is 0.372 e. The Hall–Kier alpha value is -2.83. The van der Waals surface area contributed by atoms with Gasteiger partial charge in [-0.3, -0.25) is 4.68 Å². The third-order valence-corrected chi connectivity index (χ3v) is 2.80. The van der Waals surface area contributed by atoms with Crippen LogP contribution in [0, 0.1) is 18.2 Å². The Morgan fingerprint density at radius 2 is 2.12 bits per heavy atom. The lowest BCUT2D eigenvalue weighted by molar-refractivity contribution is -0.137. The molecule has 0 aromatic carbocycles. The average molecular weight is 348 g/mol. The van der Waals surface area contributed by atoms with E-state index in [9.17, 15) is 18.4 Å². The Morgan fingerprint density at radius 3 is 2.67 bits per heavy atom. The summed E-state index contributed by atoms with van der Waals surface area (Å²) in [6, 6.07) is 1.21. The summed E-state index contributed by atoms with van der Waals surface area (Å²) >= 11 is 0. The molecule has 0 spiro atoms. The summed E-state index contributed by atoms with van der Waals surface area (Å²) in [6.07, 6.45) is -3.73. The van der Waals surface area contributed by atoms with E-state index >= 15 is 0 Å². The number of halogens is 3. The van der Waals surface area contributed by atoms with Gasteiger partial charge in [-0.25, -0.2) is 4.98 Å². The van der Waals surface area contributed by atoms with E-state index in [4.69, 9.17) is 12.3 Å². The molecule has 0 unspecified atom stereocenters. The molecule has 128 valence electrons. The van der Waals surface area contributed by atoms with Crippen molar-refractivity contribution in [2.75, 3.05) is 17.7 Å². The maximum Gasteiger partial charge on any atom is 0.421 e. The summed E-state index contributed by atoms with van der Waals surface area (Å²) in [7, 11) is 1.15. The molecule has 0 aliphatic carbocycles. The molecule has 0 saturated carbocycles. The first kappa shape index (κ1) is 8.86. The normalized spacial score (nSPS) is 19.0. The summed E-state index contributed by atoms with van der Waals surface area (Å²) < 4.78 is 108. The second kappa shape index (κ2) is 5.99. The van der Waals surface area contributed by atoms with E-state index in [2.05, 4.69) is 25.7 Å². The van der Waals surface area contributed by atoms with Gasteiger partial charge in [-0.2, -0.15) is 28.5 Å². The van der Waals surface area contributed by atoms with E-state index in [-0.39, 0.29) is 4.68 Å². The maximum atomic E-state index is 13.0. The fourth-order valence-electron chi connectivity index (χ4n) is 1.65. The molecule has 2 N–H and O–H groups in total. The Kier molecular flexibility index (Phi) is 2.21. The average Bonchev–Trinajstić information content (AvgIpc) is 3.03. The number of nitriles is 1. The van der Waals surface area contributed by atoms with Crippen molar-refractivity contribution < 1.29 is 25.5 Å². The van der Waals surface area contributed by atoms with Gasteiger partial charge in [-0.1, -0.05) is 0 Å². The van der Waals surface area contributed by atoms with Crippen molar-refractivity contribution in [2.24, 2.45) is 0 Å². The minimum atomic E-state index is -4.79. The highest BCUT2D eigenvalue weighted by Gasteiger charge is 2.35. The Morgan fingerprint density at radius 1 is 1.38 bits per heavy atom. The first-order valence-electron chi connectivity index (χ1n) is 10.7. The highest BCUT2D eigenvalue weighted by Crippen LogP contribution is 2.34. The van der Waals surface area contributed by atoms with Crippen molar-refractivity contribution in [3.63, 3.8) is 0 Å². The highest BCUT2D eigenvalue weighted by molar-refractivity contribution is 5.58. The van der Waals surface area contributed by atoms with Crippen LogP contribution < -0.4 is 10.6 Å². The zero-order valence-corrected chi connectivity index (χ0v) is 12.0.